The van der Waals surface area contributed by atoms with E-state index in [-0.39, 0.29) is 17.7 Å². The number of para-hydroxylation sites is 1. The maximum Gasteiger partial charge on any atom is 0.329 e. The minimum absolute atomic E-state index is 0.130. The van der Waals surface area contributed by atoms with Gasteiger partial charge in [-0.1, -0.05) is 12.1 Å². The number of carboxylic acids is 1. The summed E-state index contributed by atoms with van der Waals surface area (Å²) in [5.74, 6) is 0.452. The SMILES string of the molecule is O=C(O)C1(Nc2ccccc2F)C2CC3CC(C2)CC1C3. The van der Waals surface area contributed by atoms with E-state index in [9.17, 15) is 14.3 Å². The van der Waals surface area contributed by atoms with Crippen LogP contribution in [0.15, 0.2) is 24.3 Å². The van der Waals surface area contributed by atoms with Gasteiger partial charge in [0.15, 0.2) is 0 Å². The number of nitrogens with one attached hydrogen (secondary N) is 1. The van der Waals surface area contributed by atoms with Crippen molar-refractivity contribution in [3.05, 3.63) is 30.1 Å². The molecule has 0 spiro atoms. The predicted molar refractivity (Wildman–Crippen MR) is 77.4 cm³/mol. The smallest absolute Gasteiger partial charge is 0.329 e. The molecule has 0 heterocycles. The van der Waals surface area contributed by atoms with Crippen LogP contribution in [0.1, 0.15) is 32.1 Å². The molecule has 4 aliphatic carbocycles. The Hall–Kier alpha value is -1.58. The first kappa shape index (κ1) is 13.1. The summed E-state index contributed by atoms with van der Waals surface area (Å²) in [5, 5.41) is 13.1. The third kappa shape index (κ3) is 1.81. The maximum absolute atomic E-state index is 14.0. The molecule has 4 heteroatoms. The highest BCUT2D eigenvalue weighted by Gasteiger charge is 2.61. The van der Waals surface area contributed by atoms with Crippen LogP contribution in [0, 0.1) is 29.5 Å². The van der Waals surface area contributed by atoms with Crippen LogP contribution >= 0.6 is 0 Å². The summed E-state index contributed by atoms with van der Waals surface area (Å²) < 4.78 is 14.0. The van der Waals surface area contributed by atoms with Crippen LogP contribution in [-0.2, 0) is 4.79 Å². The van der Waals surface area contributed by atoms with Gasteiger partial charge >= 0.3 is 5.97 Å². The number of benzene rings is 1. The van der Waals surface area contributed by atoms with Gasteiger partial charge in [0.1, 0.15) is 11.4 Å². The predicted octanol–water partition coefficient (Wildman–Crippen LogP) is 3.52. The summed E-state index contributed by atoms with van der Waals surface area (Å²) in [6.07, 6.45) is 5.16. The molecule has 0 aliphatic heterocycles. The summed E-state index contributed by atoms with van der Waals surface area (Å²) in [5.41, 5.74) is -0.650. The number of halogens is 1. The lowest BCUT2D eigenvalue weighted by Crippen LogP contribution is -2.66. The third-order valence-electron chi connectivity index (χ3n) is 6.00. The van der Waals surface area contributed by atoms with Crippen LogP contribution in [0.25, 0.3) is 0 Å². The van der Waals surface area contributed by atoms with Crippen LogP contribution < -0.4 is 5.32 Å². The van der Waals surface area contributed by atoms with E-state index in [0.29, 0.717) is 17.5 Å². The molecule has 0 radical (unpaired) electrons. The monoisotopic (exact) mass is 289 g/mol. The van der Waals surface area contributed by atoms with Gasteiger partial charge in [-0.3, -0.25) is 0 Å². The Kier molecular flexibility index (Phi) is 2.78. The number of aliphatic carboxylic acids is 1. The van der Waals surface area contributed by atoms with Gasteiger partial charge in [-0.25, -0.2) is 9.18 Å². The third-order valence-corrected chi connectivity index (χ3v) is 6.00. The van der Waals surface area contributed by atoms with Crippen LogP contribution in [-0.4, -0.2) is 16.6 Å². The second-order valence-electron chi connectivity index (χ2n) is 7.08. The lowest BCUT2D eigenvalue weighted by molar-refractivity contribution is -0.157. The van der Waals surface area contributed by atoms with Crippen LogP contribution in [0.2, 0.25) is 0 Å². The van der Waals surface area contributed by atoms with E-state index in [1.54, 1.807) is 18.2 Å². The minimum atomic E-state index is -0.977. The molecule has 112 valence electrons. The molecule has 3 nitrogen and oxygen atoms in total. The second kappa shape index (κ2) is 4.46. The van der Waals surface area contributed by atoms with Crippen molar-refractivity contribution in [3.8, 4) is 0 Å². The summed E-state index contributed by atoms with van der Waals surface area (Å²) in [4.78, 5) is 12.1. The first-order valence-electron chi connectivity index (χ1n) is 7.85. The van der Waals surface area contributed by atoms with E-state index in [1.807, 2.05) is 0 Å². The Bertz CT molecular complexity index is 558. The summed E-state index contributed by atoms with van der Waals surface area (Å²) in [7, 11) is 0. The molecule has 0 amide bonds. The Morgan fingerprint density at radius 3 is 2.19 bits per heavy atom. The van der Waals surface area contributed by atoms with Crippen molar-refractivity contribution < 1.29 is 14.3 Å². The molecule has 4 fully saturated rings. The van der Waals surface area contributed by atoms with Gasteiger partial charge in [-0.15, -0.1) is 0 Å². The van der Waals surface area contributed by atoms with E-state index >= 15 is 0 Å². The summed E-state index contributed by atoms with van der Waals surface area (Å²) in [6.45, 7) is 0. The van der Waals surface area contributed by atoms with Gasteiger partial charge in [0, 0.05) is 0 Å². The first-order chi connectivity index (χ1) is 10.1. The maximum atomic E-state index is 14.0. The highest BCUT2D eigenvalue weighted by molar-refractivity contribution is 5.84. The highest BCUT2D eigenvalue weighted by atomic mass is 19.1. The lowest BCUT2D eigenvalue weighted by Gasteiger charge is -2.59. The molecule has 21 heavy (non-hydrogen) atoms. The lowest BCUT2D eigenvalue weighted by atomic mass is 9.48. The average molecular weight is 289 g/mol. The number of carbonyl (C=O) groups is 1. The number of hydrogen-bond donors (Lipinski definition) is 2. The van der Waals surface area contributed by atoms with Crippen molar-refractivity contribution >= 4 is 11.7 Å². The van der Waals surface area contributed by atoms with Crippen molar-refractivity contribution in [1.29, 1.82) is 0 Å². The molecule has 1 aromatic carbocycles. The topological polar surface area (TPSA) is 49.3 Å². The number of anilines is 1. The highest BCUT2D eigenvalue weighted by Crippen LogP contribution is 2.59. The number of carboxylic acid groups (broad SMARTS) is 1. The first-order valence-corrected chi connectivity index (χ1v) is 7.85. The van der Waals surface area contributed by atoms with Gasteiger partial charge in [0.05, 0.1) is 5.69 Å². The van der Waals surface area contributed by atoms with E-state index in [1.165, 1.54) is 12.5 Å². The fraction of sp³-hybridized carbons (Fsp3) is 0.588. The molecule has 4 aliphatic rings. The quantitative estimate of drug-likeness (QED) is 0.895. The van der Waals surface area contributed by atoms with Crippen LogP contribution in [0.5, 0.6) is 0 Å². The summed E-state index contributed by atoms with van der Waals surface area (Å²) >= 11 is 0. The molecular formula is C17H20FNO2. The second-order valence-corrected chi connectivity index (χ2v) is 7.08. The minimum Gasteiger partial charge on any atom is -0.479 e. The van der Waals surface area contributed by atoms with E-state index in [0.717, 1.165) is 25.7 Å². The van der Waals surface area contributed by atoms with E-state index in [4.69, 9.17) is 0 Å². The molecule has 0 aromatic heterocycles. The average Bonchev–Trinajstić information content (AvgIpc) is 2.44. The van der Waals surface area contributed by atoms with Crippen molar-refractivity contribution in [1.82, 2.24) is 0 Å². The fourth-order valence-electron chi connectivity index (χ4n) is 5.32. The fourth-order valence-corrected chi connectivity index (χ4v) is 5.32. The molecule has 0 saturated heterocycles. The zero-order valence-electron chi connectivity index (χ0n) is 11.9. The van der Waals surface area contributed by atoms with Gasteiger partial charge < -0.3 is 10.4 Å². The molecule has 4 saturated carbocycles. The number of hydrogen-bond acceptors (Lipinski definition) is 2. The molecule has 0 unspecified atom stereocenters. The molecular weight excluding hydrogens is 269 g/mol. The van der Waals surface area contributed by atoms with Crippen molar-refractivity contribution in [2.75, 3.05) is 5.32 Å². The van der Waals surface area contributed by atoms with Crippen molar-refractivity contribution in [2.24, 2.45) is 23.7 Å². The van der Waals surface area contributed by atoms with Gasteiger partial charge in [0.2, 0.25) is 0 Å². The number of rotatable bonds is 3. The Morgan fingerprint density at radius 2 is 1.67 bits per heavy atom. The van der Waals surface area contributed by atoms with Gasteiger partial charge in [0.25, 0.3) is 0 Å². The Morgan fingerprint density at radius 1 is 1.10 bits per heavy atom. The molecule has 5 rings (SSSR count). The zero-order chi connectivity index (χ0) is 14.6. The summed E-state index contributed by atoms with van der Waals surface area (Å²) in [6, 6.07) is 6.40. The Balaban J connectivity index is 1.74. The standard InChI is InChI=1S/C17H20FNO2/c18-14-3-1-2-4-15(14)19-17(16(20)21)12-6-10-5-11(8-12)9-13(17)7-10/h1-4,10-13,19H,5-9H2,(H,20,21). The molecule has 1 aromatic rings. The zero-order valence-corrected chi connectivity index (χ0v) is 11.9. The van der Waals surface area contributed by atoms with E-state index < -0.39 is 11.5 Å². The van der Waals surface area contributed by atoms with E-state index in [2.05, 4.69) is 5.32 Å². The van der Waals surface area contributed by atoms with Gasteiger partial charge in [-0.2, -0.15) is 0 Å². The Labute approximate surface area is 123 Å². The molecule has 2 N–H and O–H groups in total. The molecule has 0 atom stereocenters. The van der Waals surface area contributed by atoms with Crippen molar-refractivity contribution in [3.63, 3.8) is 0 Å². The van der Waals surface area contributed by atoms with Crippen LogP contribution in [0.4, 0.5) is 10.1 Å². The van der Waals surface area contributed by atoms with Crippen molar-refractivity contribution in [2.45, 2.75) is 37.6 Å². The normalized spacial score (nSPS) is 40.2. The van der Waals surface area contributed by atoms with Crippen LogP contribution in [0.3, 0.4) is 0 Å². The largest absolute Gasteiger partial charge is 0.479 e. The van der Waals surface area contributed by atoms with Gasteiger partial charge in [-0.05, 0) is 67.9 Å². The molecule has 4 bridgehead atoms.